The predicted molar refractivity (Wildman–Crippen MR) is 110 cm³/mol. The van der Waals surface area contributed by atoms with Gasteiger partial charge in [-0.15, -0.1) is 13.2 Å². The van der Waals surface area contributed by atoms with E-state index >= 15 is 0 Å². The largest absolute Gasteiger partial charge is 0.522 e. The smallest absolute Gasteiger partial charge is 0.345 e. The van der Waals surface area contributed by atoms with Crippen LogP contribution >= 0.6 is 0 Å². The van der Waals surface area contributed by atoms with Gasteiger partial charge in [-0.25, -0.2) is 8.42 Å². The summed E-state index contributed by atoms with van der Waals surface area (Å²) in [5, 5.41) is 2.98. The number of hydrogen-bond acceptors (Lipinski definition) is 4. The molecule has 0 unspecified atom stereocenters. The van der Waals surface area contributed by atoms with Crippen molar-refractivity contribution >= 4 is 21.6 Å². The highest BCUT2D eigenvalue weighted by Gasteiger charge is 2.30. The summed E-state index contributed by atoms with van der Waals surface area (Å²) in [5.74, 6) is -0.309. The Balaban J connectivity index is 1.69. The van der Waals surface area contributed by atoms with Crippen molar-refractivity contribution in [3.8, 4) is 0 Å². The zero-order valence-corrected chi connectivity index (χ0v) is 17.9. The van der Waals surface area contributed by atoms with Gasteiger partial charge in [0.2, 0.25) is 10.0 Å². The average Bonchev–Trinajstić information content (AvgIpc) is 3.05. The first-order valence-electron chi connectivity index (χ1n) is 9.63. The second kappa shape index (κ2) is 8.88. The lowest BCUT2D eigenvalue weighted by Crippen LogP contribution is -2.34. The first-order valence-corrected chi connectivity index (χ1v) is 11.5. The quantitative estimate of drug-likeness (QED) is 0.689. The summed E-state index contributed by atoms with van der Waals surface area (Å²) in [6.45, 7) is 0.657. The molecule has 2 aromatic carbocycles. The molecule has 0 heterocycles. The normalized spacial score (nSPS) is 16.1. The van der Waals surface area contributed by atoms with Crippen LogP contribution in [0.5, 0.6) is 0 Å². The van der Waals surface area contributed by atoms with Crippen LogP contribution in [0.15, 0.2) is 42.5 Å². The van der Waals surface area contributed by atoms with E-state index in [1.807, 2.05) is 19.1 Å². The van der Waals surface area contributed by atoms with E-state index in [1.165, 1.54) is 29.8 Å². The first kappa shape index (κ1) is 23.1. The molecule has 2 aromatic rings. The second-order valence-corrected chi connectivity index (χ2v) is 9.35. The summed E-state index contributed by atoms with van der Waals surface area (Å²) in [7, 11) is -3.84. The monoisotopic (exact) mass is 456 g/mol. The molecule has 168 valence electrons. The number of ether oxygens (including phenoxy) is 1. The fourth-order valence-corrected chi connectivity index (χ4v) is 4.56. The molecule has 31 heavy (non-hydrogen) atoms. The van der Waals surface area contributed by atoms with Crippen LogP contribution in [-0.2, 0) is 21.2 Å². The molecule has 10 heteroatoms. The second-order valence-electron chi connectivity index (χ2n) is 7.44. The summed E-state index contributed by atoms with van der Waals surface area (Å²) in [4.78, 5) is 12.6. The van der Waals surface area contributed by atoms with Gasteiger partial charge in [-0.2, -0.15) is 0 Å². The van der Waals surface area contributed by atoms with E-state index in [2.05, 4.69) is 16.1 Å². The van der Waals surface area contributed by atoms with Crippen molar-refractivity contribution in [2.75, 3.05) is 23.7 Å². The van der Waals surface area contributed by atoms with Gasteiger partial charge in [-0.3, -0.25) is 13.8 Å². The van der Waals surface area contributed by atoms with Crippen LogP contribution in [0.4, 0.5) is 18.9 Å². The number of sulfonamides is 1. The Labute approximate surface area is 179 Å². The minimum Gasteiger partial charge on any atom is -0.345 e. The number of benzene rings is 2. The third kappa shape index (κ3) is 5.98. The molecule has 1 aliphatic rings. The third-order valence-corrected chi connectivity index (χ3v) is 6.25. The molecule has 0 bridgehead atoms. The zero-order valence-electron chi connectivity index (χ0n) is 17.1. The number of fused-ring (bicyclic) bond motifs is 1. The average molecular weight is 456 g/mol. The lowest BCUT2D eigenvalue weighted by molar-refractivity contribution is -0.323. The predicted octanol–water partition coefficient (Wildman–Crippen LogP) is 3.71. The number of aryl methyl sites for hydroxylation is 2. The van der Waals surface area contributed by atoms with Crippen molar-refractivity contribution < 1.29 is 31.1 Å². The first-order chi connectivity index (χ1) is 14.4. The third-order valence-electron chi connectivity index (χ3n) is 5.06. The lowest BCUT2D eigenvalue weighted by atomic mass is 10.1. The maximum atomic E-state index is 12.6. The number of nitrogens with one attached hydrogen (secondary N) is 1. The molecule has 0 saturated heterocycles. The summed E-state index contributed by atoms with van der Waals surface area (Å²) in [6, 6.07) is 11.7. The van der Waals surface area contributed by atoms with Gasteiger partial charge in [0, 0.05) is 5.56 Å². The van der Waals surface area contributed by atoms with Crippen LogP contribution in [0.1, 0.15) is 39.5 Å². The lowest BCUT2D eigenvalue weighted by Gasteiger charge is -2.23. The molecule has 0 aromatic heterocycles. The number of amides is 1. The van der Waals surface area contributed by atoms with Crippen molar-refractivity contribution in [1.29, 1.82) is 0 Å². The Hall–Kier alpha value is -2.59. The summed E-state index contributed by atoms with van der Waals surface area (Å²) in [5.41, 5.74) is 3.93. The van der Waals surface area contributed by atoms with Crippen molar-refractivity contribution in [3.63, 3.8) is 0 Å². The van der Waals surface area contributed by atoms with Gasteiger partial charge in [-0.05, 0) is 55.2 Å². The van der Waals surface area contributed by atoms with Gasteiger partial charge >= 0.3 is 6.36 Å². The molecular weight excluding hydrogens is 433 g/mol. The van der Waals surface area contributed by atoms with Gasteiger partial charge in [0.05, 0.1) is 31.1 Å². The zero-order chi connectivity index (χ0) is 22.8. The van der Waals surface area contributed by atoms with Crippen LogP contribution < -0.4 is 9.62 Å². The standard InChI is InChI=1S/C21H23F3N2O4S/c1-14-3-9-18-16(13-14)6-10-19(18)25-20(27)15-4-7-17(8-5-15)26(31(2,28)29)11-12-30-21(22,23)24/h3-5,7-9,13,19H,6,10-12H2,1-2H3,(H,25,27)/t19-/m1/s1. The van der Waals surface area contributed by atoms with Crippen LogP contribution in [0.25, 0.3) is 0 Å². The number of rotatable bonds is 7. The van der Waals surface area contributed by atoms with E-state index in [-0.39, 0.29) is 17.6 Å². The molecule has 0 aliphatic heterocycles. The van der Waals surface area contributed by atoms with E-state index < -0.39 is 29.5 Å². The Morgan fingerprint density at radius 1 is 1.19 bits per heavy atom. The minimum absolute atomic E-state index is 0.102. The Morgan fingerprint density at radius 3 is 2.48 bits per heavy atom. The van der Waals surface area contributed by atoms with Gasteiger partial charge < -0.3 is 5.32 Å². The molecule has 0 spiro atoms. The maximum Gasteiger partial charge on any atom is 0.522 e. The molecule has 0 fully saturated rings. The maximum absolute atomic E-state index is 12.6. The highest BCUT2D eigenvalue weighted by atomic mass is 32.2. The van der Waals surface area contributed by atoms with E-state index in [9.17, 15) is 26.4 Å². The van der Waals surface area contributed by atoms with Crippen molar-refractivity contribution in [2.24, 2.45) is 0 Å². The van der Waals surface area contributed by atoms with Gasteiger partial charge in [-0.1, -0.05) is 23.8 Å². The molecular formula is C21H23F3N2O4S. The summed E-state index contributed by atoms with van der Waals surface area (Å²) >= 11 is 0. The minimum atomic E-state index is -4.84. The van der Waals surface area contributed by atoms with Crippen LogP contribution in [0.2, 0.25) is 0 Å². The topological polar surface area (TPSA) is 75.7 Å². The highest BCUT2D eigenvalue weighted by Crippen LogP contribution is 2.32. The van der Waals surface area contributed by atoms with E-state index in [4.69, 9.17) is 0 Å². The molecule has 1 atom stereocenters. The summed E-state index contributed by atoms with van der Waals surface area (Å²) < 4.78 is 65.0. The molecule has 0 radical (unpaired) electrons. The van der Waals surface area contributed by atoms with Gasteiger partial charge in [0.1, 0.15) is 0 Å². The number of carbonyl (C=O) groups excluding carboxylic acids is 1. The van der Waals surface area contributed by atoms with E-state index in [1.54, 1.807) is 0 Å². The fourth-order valence-electron chi connectivity index (χ4n) is 3.65. The number of anilines is 1. The SMILES string of the molecule is Cc1ccc2c(c1)CC[C@H]2NC(=O)c1ccc(N(CCOC(F)(F)F)S(C)(=O)=O)cc1. The number of alkyl halides is 3. The molecule has 0 saturated carbocycles. The Kier molecular flexibility index (Phi) is 6.61. The Morgan fingerprint density at radius 2 is 1.87 bits per heavy atom. The fraction of sp³-hybridized carbons (Fsp3) is 0.381. The molecule has 1 N–H and O–H groups in total. The van der Waals surface area contributed by atoms with Crippen molar-refractivity contribution in [2.45, 2.75) is 32.2 Å². The molecule has 3 rings (SSSR count). The van der Waals surface area contributed by atoms with Crippen LogP contribution in [0.3, 0.4) is 0 Å². The van der Waals surface area contributed by atoms with Crippen molar-refractivity contribution in [3.05, 3.63) is 64.7 Å². The number of halogens is 3. The van der Waals surface area contributed by atoms with Gasteiger partial charge in [0.15, 0.2) is 0 Å². The molecule has 6 nitrogen and oxygen atoms in total. The van der Waals surface area contributed by atoms with E-state index in [0.717, 1.165) is 34.5 Å². The summed E-state index contributed by atoms with van der Waals surface area (Å²) in [6.07, 6.45) is -2.28. The molecule has 1 aliphatic carbocycles. The highest BCUT2D eigenvalue weighted by molar-refractivity contribution is 7.92. The van der Waals surface area contributed by atoms with Crippen molar-refractivity contribution in [1.82, 2.24) is 5.32 Å². The van der Waals surface area contributed by atoms with Crippen LogP contribution in [0, 0.1) is 6.92 Å². The van der Waals surface area contributed by atoms with Crippen LogP contribution in [-0.4, -0.2) is 40.1 Å². The molecule has 1 amide bonds. The Bertz CT molecular complexity index is 1050. The number of hydrogen-bond donors (Lipinski definition) is 1. The number of nitrogens with zero attached hydrogens (tertiary/aromatic N) is 1. The van der Waals surface area contributed by atoms with E-state index in [0.29, 0.717) is 5.56 Å². The van der Waals surface area contributed by atoms with Gasteiger partial charge in [0.25, 0.3) is 5.91 Å². The number of carbonyl (C=O) groups is 1.